The van der Waals surface area contributed by atoms with Crippen molar-refractivity contribution in [3.63, 3.8) is 0 Å². The summed E-state index contributed by atoms with van der Waals surface area (Å²) < 4.78 is 1.21. The third-order valence-electron chi connectivity index (χ3n) is 4.06. The number of H-pyrrole nitrogens is 1. The normalized spacial score (nSPS) is 15.4. The molecular formula is C16H15BrN4. The van der Waals surface area contributed by atoms with Crippen molar-refractivity contribution in [1.29, 1.82) is 0 Å². The monoisotopic (exact) mass is 342 g/mol. The molecule has 1 fully saturated rings. The molecular weight excluding hydrogens is 328 g/mol. The second kappa shape index (κ2) is 5.15. The molecule has 5 heteroatoms. The van der Waals surface area contributed by atoms with E-state index in [1.54, 1.807) is 6.33 Å². The lowest BCUT2D eigenvalue weighted by molar-refractivity contribution is 0.405. The number of halogens is 1. The lowest BCUT2D eigenvalue weighted by atomic mass is 9.92. The fourth-order valence-electron chi connectivity index (χ4n) is 2.96. The molecule has 3 heterocycles. The largest absolute Gasteiger partial charge is 0.355 e. The number of benzene rings is 1. The molecule has 2 aromatic heterocycles. The molecule has 1 saturated heterocycles. The van der Waals surface area contributed by atoms with Gasteiger partial charge in [0, 0.05) is 23.8 Å². The molecule has 1 N–H and O–H groups in total. The van der Waals surface area contributed by atoms with E-state index in [-0.39, 0.29) is 0 Å². The molecule has 1 aliphatic rings. The van der Waals surface area contributed by atoms with Crippen LogP contribution < -0.4 is 4.90 Å². The highest BCUT2D eigenvalue weighted by atomic mass is 79.9. The van der Waals surface area contributed by atoms with Crippen LogP contribution in [-0.4, -0.2) is 28.0 Å². The van der Waals surface area contributed by atoms with E-state index in [2.05, 4.69) is 60.0 Å². The Bertz CT molecular complexity index is 777. The summed E-state index contributed by atoms with van der Waals surface area (Å²) in [6, 6.07) is 10.5. The topological polar surface area (TPSA) is 44.8 Å². The molecule has 0 saturated carbocycles. The van der Waals surface area contributed by atoms with Crippen LogP contribution >= 0.6 is 15.9 Å². The average molecular weight is 343 g/mol. The van der Waals surface area contributed by atoms with Crippen molar-refractivity contribution in [3.8, 4) is 0 Å². The highest BCUT2D eigenvalue weighted by Crippen LogP contribution is 2.31. The third-order valence-corrected chi connectivity index (χ3v) is 4.83. The number of aromatic nitrogens is 3. The van der Waals surface area contributed by atoms with Crippen molar-refractivity contribution in [2.75, 3.05) is 18.0 Å². The Morgan fingerprint density at radius 1 is 1.19 bits per heavy atom. The van der Waals surface area contributed by atoms with E-state index < -0.39 is 0 Å². The molecule has 1 aliphatic heterocycles. The number of hydrogen-bond acceptors (Lipinski definition) is 3. The summed E-state index contributed by atoms with van der Waals surface area (Å²) in [5.74, 6) is 1.73. The summed E-state index contributed by atoms with van der Waals surface area (Å²) in [5, 5.41) is 1.11. The number of anilines is 1. The number of aromatic amines is 1. The first-order valence-electron chi connectivity index (χ1n) is 7.07. The predicted octanol–water partition coefficient (Wildman–Crippen LogP) is 3.40. The first kappa shape index (κ1) is 12.8. The van der Waals surface area contributed by atoms with Gasteiger partial charge in [0.05, 0.1) is 5.39 Å². The molecule has 21 heavy (non-hydrogen) atoms. The molecule has 0 unspecified atom stereocenters. The number of fused-ring (bicyclic) bond motifs is 1. The number of hydrogen-bond donors (Lipinski definition) is 1. The number of nitrogens with one attached hydrogen (secondary N) is 1. The van der Waals surface area contributed by atoms with Gasteiger partial charge in [0.15, 0.2) is 0 Å². The molecule has 106 valence electrons. The van der Waals surface area contributed by atoms with E-state index in [0.717, 1.165) is 36.4 Å². The van der Waals surface area contributed by atoms with Gasteiger partial charge in [0.2, 0.25) is 0 Å². The Morgan fingerprint density at radius 3 is 2.90 bits per heavy atom. The van der Waals surface area contributed by atoms with Crippen LogP contribution in [0.3, 0.4) is 0 Å². The van der Waals surface area contributed by atoms with Crippen LogP contribution in [0, 0.1) is 5.92 Å². The molecule has 1 aromatic carbocycles. The van der Waals surface area contributed by atoms with Gasteiger partial charge >= 0.3 is 0 Å². The summed E-state index contributed by atoms with van der Waals surface area (Å²) in [5.41, 5.74) is 2.30. The first-order valence-corrected chi connectivity index (χ1v) is 7.87. The van der Waals surface area contributed by atoms with Crippen LogP contribution in [0.25, 0.3) is 11.0 Å². The Hall–Kier alpha value is -1.88. The van der Waals surface area contributed by atoms with Gasteiger partial charge in [0.25, 0.3) is 0 Å². The molecule has 0 aliphatic carbocycles. The summed E-state index contributed by atoms with van der Waals surface area (Å²) >= 11 is 3.63. The molecule has 4 rings (SSSR count). The summed E-state index contributed by atoms with van der Waals surface area (Å²) in [7, 11) is 0. The van der Waals surface area contributed by atoms with Crippen molar-refractivity contribution in [2.24, 2.45) is 5.92 Å². The SMILES string of the molecule is Brc1ccccc1CC1CN(c2ncnc3[nH]ccc23)C1. The lowest BCUT2D eigenvalue weighted by Crippen LogP contribution is -2.48. The first-order chi connectivity index (χ1) is 10.3. The van der Waals surface area contributed by atoms with Gasteiger partial charge < -0.3 is 9.88 Å². The zero-order valence-corrected chi connectivity index (χ0v) is 13.0. The second-order valence-corrected chi connectivity index (χ2v) is 6.36. The smallest absolute Gasteiger partial charge is 0.142 e. The summed E-state index contributed by atoms with van der Waals surface area (Å²) in [4.78, 5) is 14.2. The van der Waals surface area contributed by atoms with Crippen molar-refractivity contribution >= 4 is 32.8 Å². The molecule has 0 radical (unpaired) electrons. The highest BCUT2D eigenvalue weighted by Gasteiger charge is 2.29. The van der Waals surface area contributed by atoms with Gasteiger partial charge in [0.1, 0.15) is 17.8 Å². The zero-order valence-electron chi connectivity index (χ0n) is 11.5. The van der Waals surface area contributed by atoms with E-state index in [1.165, 1.54) is 10.0 Å². The lowest BCUT2D eigenvalue weighted by Gasteiger charge is -2.40. The van der Waals surface area contributed by atoms with Gasteiger partial charge in [-0.15, -0.1) is 0 Å². The van der Waals surface area contributed by atoms with Gasteiger partial charge in [-0.05, 0) is 30.0 Å². The zero-order chi connectivity index (χ0) is 14.2. The standard InChI is InChI=1S/C16H15BrN4/c17-14-4-2-1-3-12(14)7-11-8-21(9-11)16-13-5-6-18-15(13)19-10-20-16/h1-6,10-11H,7-9H2,(H,18,19,20). The van der Waals surface area contributed by atoms with Gasteiger partial charge in [-0.1, -0.05) is 34.1 Å². The van der Waals surface area contributed by atoms with Crippen LogP contribution in [0.5, 0.6) is 0 Å². The van der Waals surface area contributed by atoms with Crippen molar-refractivity contribution in [2.45, 2.75) is 6.42 Å². The number of rotatable bonds is 3. The molecule has 0 spiro atoms. The summed E-state index contributed by atoms with van der Waals surface area (Å²) in [6.45, 7) is 2.11. The Balaban J connectivity index is 1.48. The fraction of sp³-hybridized carbons (Fsp3) is 0.250. The maximum absolute atomic E-state index is 4.45. The fourth-order valence-corrected chi connectivity index (χ4v) is 3.40. The van der Waals surface area contributed by atoms with Gasteiger partial charge in [-0.3, -0.25) is 0 Å². The predicted molar refractivity (Wildman–Crippen MR) is 87.4 cm³/mol. The van der Waals surface area contributed by atoms with Crippen molar-refractivity contribution in [1.82, 2.24) is 15.0 Å². The minimum absolute atomic E-state index is 0.688. The highest BCUT2D eigenvalue weighted by molar-refractivity contribution is 9.10. The van der Waals surface area contributed by atoms with E-state index in [4.69, 9.17) is 0 Å². The van der Waals surface area contributed by atoms with Crippen molar-refractivity contribution < 1.29 is 0 Å². The minimum atomic E-state index is 0.688. The van der Waals surface area contributed by atoms with E-state index in [1.807, 2.05) is 12.3 Å². The van der Waals surface area contributed by atoms with Crippen molar-refractivity contribution in [3.05, 3.63) is 52.9 Å². The number of nitrogens with zero attached hydrogens (tertiary/aromatic N) is 3. The Kier molecular flexibility index (Phi) is 3.15. The maximum atomic E-state index is 4.45. The summed E-state index contributed by atoms with van der Waals surface area (Å²) in [6.07, 6.45) is 4.66. The molecule has 4 nitrogen and oxygen atoms in total. The Labute approximate surface area is 131 Å². The Morgan fingerprint density at radius 2 is 2.05 bits per heavy atom. The van der Waals surface area contributed by atoms with Crippen LogP contribution in [0.2, 0.25) is 0 Å². The quantitative estimate of drug-likeness (QED) is 0.793. The van der Waals surface area contributed by atoms with Crippen LogP contribution in [0.1, 0.15) is 5.56 Å². The van der Waals surface area contributed by atoms with E-state index in [9.17, 15) is 0 Å². The minimum Gasteiger partial charge on any atom is -0.355 e. The maximum Gasteiger partial charge on any atom is 0.142 e. The molecule has 0 amide bonds. The van der Waals surface area contributed by atoms with Crippen LogP contribution in [-0.2, 0) is 6.42 Å². The van der Waals surface area contributed by atoms with Gasteiger partial charge in [-0.25, -0.2) is 9.97 Å². The average Bonchev–Trinajstić information content (AvgIpc) is 2.93. The van der Waals surface area contributed by atoms with Gasteiger partial charge in [-0.2, -0.15) is 0 Å². The second-order valence-electron chi connectivity index (χ2n) is 5.50. The van der Waals surface area contributed by atoms with E-state index in [0.29, 0.717) is 5.92 Å². The van der Waals surface area contributed by atoms with E-state index >= 15 is 0 Å². The molecule has 0 atom stereocenters. The molecule has 0 bridgehead atoms. The van der Waals surface area contributed by atoms with Crippen LogP contribution in [0.15, 0.2) is 47.3 Å². The van der Waals surface area contributed by atoms with Crippen LogP contribution in [0.4, 0.5) is 5.82 Å². The third kappa shape index (κ3) is 2.31. The molecule has 3 aromatic rings.